The van der Waals surface area contributed by atoms with E-state index in [0.717, 1.165) is 16.4 Å². The summed E-state index contributed by atoms with van der Waals surface area (Å²) in [6.45, 7) is 4.82. The lowest BCUT2D eigenvalue weighted by Gasteiger charge is -2.21. The first kappa shape index (κ1) is 16.0. The Kier molecular flexibility index (Phi) is 5.00. The van der Waals surface area contributed by atoms with Gasteiger partial charge >= 0.3 is 0 Å². The van der Waals surface area contributed by atoms with E-state index in [0.29, 0.717) is 23.5 Å². The molecule has 5 nitrogen and oxygen atoms in total. The van der Waals surface area contributed by atoms with Crippen molar-refractivity contribution >= 4 is 32.9 Å². The standard InChI is InChI=1S/C15H21BrN4O/c1-9(2)12(17)4-5-20(3)15(21)11-6-10(16)7-13-14(11)19-8-18-13/h6-9,12H,4-5,17H2,1-3H3,(H,18,19). The maximum absolute atomic E-state index is 12.6. The number of hydrogen-bond donors (Lipinski definition) is 2. The Labute approximate surface area is 133 Å². The smallest absolute Gasteiger partial charge is 0.255 e. The maximum Gasteiger partial charge on any atom is 0.255 e. The van der Waals surface area contributed by atoms with E-state index in [4.69, 9.17) is 5.73 Å². The number of benzene rings is 1. The van der Waals surface area contributed by atoms with Crippen LogP contribution in [0.1, 0.15) is 30.6 Å². The topological polar surface area (TPSA) is 75.0 Å². The van der Waals surface area contributed by atoms with Crippen molar-refractivity contribution in [2.24, 2.45) is 11.7 Å². The minimum Gasteiger partial charge on any atom is -0.345 e. The van der Waals surface area contributed by atoms with Crippen LogP contribution in [-0.2, 0) is 0 Å². The van der Waals surface area contributed by atoms with Gasteiger partial charge < -0.3 is 15.6 Å². The van der Waals surface area contributed by atoms with Crippen molar-refractivity contribution in [2.45, 2.75) is 26.3 Å². The SMILES string of the molecule is CC(C)C(N)CCN(C)C(=O)c1cc(Br)cc2[nH]cnc12. The average molecular weight is 353 g/mol. The van der Waals surface area contributed by atoms with Crippen LogP contribution in [0.25, 0.3) is 11.0 Å². The lowest BCUT2D eigenvalue weighted by atomic mass is 10.0. The summed E-state index contributed by atoms with van der Waals surface area (Å²) in [6.07, 6.45) is 2.39. The predicted molar refractivity (Wildman–Crippen MR) is 88.2 cm³/mol. The van der Waals surface area contributed by atoms with Crippen LogP contribution < -0.4 is 5.73 Å². The molecule has 0 spiro atoms. The highest BCUT2D eigenvalue weighted by molar-refractivity contribution is 9.10. The zero-order chi connectivity index (χ0) is 15.6. The molecule has 0 saturated heterocycles. The molecular weight excluding hydrogens is 332 g/mol. The Morgan fingerprint density at radius 3 is 2.86 bits per heavy atom. The van der Waals surface area contributed by atoms with E-state index in [1.807, 2.05) is 12.1 Å². The fourth-order valence-electron chi connectivity index (χ4n) is 2.16. The summed E-state index contributed by atoms with van der Waals surface area (Å²) in [6, 6.07) is 3.83. The largest absolute Gasteiger partial charge is 0.345 e. The summed E-state index contributed by atoms with van der Waals surface area (Å²) >= 11 is 3.43. The molecule has 3 N–H and O–H groups in total. The lowest BCUT2D eigenvalue weighted by Crippen LogP contribution is -2.34. The highest BCUT2D eigenvalue weighted by Crippen LogP contribution is 2.22. The van der Waals surface area contributed by atoms with Crippen molar-refractivity contribution in [1.29, 1.82) is 0 Å². The van der Waals surface area contributed by atoms with Crippen molar-refractivity contribution in [1.82, 2.24) is 14.9 Å². The Morgan fingerprint density at radius 1 is 1.48 bits per heavy atom. The molecule has 1 heterocycles. The molecular formula is C15H21BrN4O. The number of nitrogens with two attached hydrogens (primary N) is 1. The minimum atomic E-state index is -0.0376. The van der Waals surface area contributed by atoms with E-state index in [9.17, 15) is 4.79 Å². The highest BCUT2D eigenvalue weighted by Gasteiger charge is 2.18. The van der Waals surface area contributed by atoms with Gasteiger partial charge in [0.1, 0.15) is 5.52 Å². The zero-order valence-electron chi connectivity index (χ0n) is 12.6. The number of nitrogens with zero attached hydrogens (tertiary/aromatic N) is 2. The van der Waals surface area contributed by atoms with Gasteiger partial charge in [0.2, 0.25) is 0 Å². The number of carbonyl (C=O) groups excluding carboxylic acids is 1. The number of nitrogens with one attached hydrogen (secondary N) is 1. The van der Waals surface area contributed by atoms with Crippen molar-refractivity contribution < 1.29 is 4.79 Å². The van der Waals surface area contributed by atoms with Gasteiger partial charge in [-0.15, -0.1) is 0 Å². The second kappa shape index (κ2) is 6.58. The molecule has 1 aromatic carbocycles. The molecule has 0 aliphatic carbocycles. The molecule has 0 aliphatic heterocycles. The van der Waals surface area contributed by atoms with E-state index < -0.39 is 0 Å². The molecule has 1 aromatic heterocycles. The summed E-state index contributed by atoms with van der Waals surface area (Å²) in [4.78, 5) is 21.6. The number of carbonyl (C=O) groups is 1. The van der Waals surface area contributed by atoms with Crippen LogP contribution in [0.2, 0.25) is 0 Å². The molecule has 1 atom stereocenters. The van der Waals surface area contributed by atoms with Gasteiger partial charge in [0.05, 0.1) is 17.4 Å². The average Bonchev–Trinajstić information content (AvgIpc) is 2.90. The highest BCUT2D eigenvalue weighted by atomic mass is 79.9. The molecule has 1 unspecified atom stereocenters. The molecule has 21 heavy (non-hydrogen) atoms. The summed E-state index contributed by atoms with van der Waals surface area (Å²) in [7, 11) is 1.80. The summed E-state index contributed by atoms with van der Waals surface area (Å²) < 4.78 is 0.856. The molecule has 0 fully saturated rings. The summed E-state index contributed by atoms with van der Waals surface area (Å²) in [5, 5.41) is 0. The summed E-state index contributed by atoms with van der Waals surface area (Å²) in [5.74, 6) is 0.377. The van der Waals surface area contributed by atoms with Gasteiger partial charge in [0.15, 0.2) is 0 Å². The molecule has 114 valence electrons. The van der Waals surface area contributed by atoms with Crippen molar-refractivity contribution in [3.8, 4) is 0 Å². The number of aromatic nitrogens is 2. The number of hydrogen-bond acceptors (Lipinski definition) is 3. The Bertz CT molecular complexity index is 638. The molecule has 0 aliphatic rings. The van der Waals surface area contributed by atoms with Crippen LogP contribution in [0.5, 0.6) is 0 Å². The third kappa shape index (κ3) is 3.63. The number of H-pyrrole nitrogens is 1. The molecule has 0 bridgehead atoms. The van der Waals surface area contributed by atoms with Crippen LogP contribution in [0, 0.1) is 5.92 Å². The van der Waals surface area contributed by atoms with E-state index in [2.05, 4.69) is 39.7 Å². The van der Waals surface area contributed by atoms with Crippen LogP contribution in [-0.4, -0.2) is 40.4 Å². The Morgan fingerprint density at radius 2 is 2.19 bits per heavy atom. The Hall–Kier alpha value is -1.40. The first-order valence-electron chi connectivity index (χ1n) is 7.03. The first-order valence-corrected chi connectivity index (χ1v) is 7.83. The van der Waals surface area contributed by atoms with Crippen LogP contribution in [0.3, 0.4) is 0 Å². The predicted octanol–water partition coefficient (Wildman–Crippen LogP) is 2.77. The minimum absolute atomic E-state index is 0.0376. The van der Waals surface area contributed by atoms with Crippen LogP contribution in [0.15, 0.2) is 22.9 Å². The molecule has 0 radical (unpaired) electrons. The molecule has 0 saturated carbocycles. The fourth-order valence-corrected chi connectivity index (χ4v) is 2.62. The molecule has 6 heteroatoms. The van der Waals surface area contributed by atoms with Gasteiger partial charge in [0.25, 0.3) is 5.91 Å². The van der Waals surface area contributed by atoms with Gasteiger partial charge in [-0.3, -0.25) is 4.79 Å². The van der Waals surface area contributed by atoms with Crippen molar-refractivity contribution in [3.63, 3.8) is 0 Å². The maximum atomic E-state index is 12.6. The van der Waals surface area contributed by atoms with Crippen molar-refractivity contribution in [3.05, 3.63) is 28.5 Å². The quantitative estimate of drug-likeness (QED) is 0.868. The second-order valence-corrected chi connectivity index (χ2v) is 6.59. The number of halogens is 1. The van der Waals surface area contributed by atoms with Gasteiger partial charge in [-0.25, -0.2) is 4.98 Å². The van der Waals surface area contributed by atoms with Gasteiger partial charge in [0, 0.05) is 24.1 Å². The van der Waals surface area contributed by atoms with Gasteiger partial charge in [-0.05, 0) is 24.5 Å². The summed E-state index contributed by atoms with van der Waals surface area (Å²) in [5.41, 5.74) is 8.18. The van der Waals surface area contributed by atoms with Crippen LogP contribution >= 0.6 is 15.9 Å². The monoisotopic (exact) mass is 352 g/mol. The van der Waals surface area contributed by atoms with E-state index in [1.165, 1.54) is 0 Å². The number of aromatic amines is 1. The Balaban J connectivity index is 2.16. The number of rotatable bonds is 5. The first-order chi connectivity index (χ1) is 9.90. The number of fused-ring (bicyclic) bond motifs is 1. The third-order valence-corrected chi connectivity index (χ3v) is 4.18. The van der Waals surface area contributed by atoms with E-state index in [-0.39, 0.29) is 11.9 Å². The van der Waals surface area contributed by atoms with E-state index >= 15 is 0 Å². The molecule has 1 amide bonds. The van der Waals surface area contributed by atoms with E-state index in [1.54, 1.807) is 18.3 Å². The fraction of sp³-hybridized carbons (Fsp3) is 0.467. The number of amides is 1. The van der Waals surface area contributed by atoms with Crippen LogP contribution in [0.4, 0.5) is 0 Å². The molecule has 2 aromatic rings. The second-order valence-electron chi connectivity index (χ2n) is 5.68. The normalized spacial score (nSPS) is 12.9. The molecule has 2 rings (SSSR count). The lowest BCUT2D eigenvalue weighted by molar-refractivity contribution is 0.0791. The van der Waals surface area contributed by atoms with Gasteiger partial charge in [-0.1, -0.05) is 29.8 Å². The van der Waals surface area contributed by atoms with Gasteiger partial charge in [-0.2, -0.15) is 0 Å². The third-order valence-electron chi connectivity index (χ3n) is 3.72. The van der Waals surface area contributed by atoms with Crippen molar-refractivity contribution in [2.75, 3.05) is 13.6 Å². The zero-order valence-corrected chi connectivity index (χ0v) is 14.1. The number of imidazole rings is 1.